The van der Waals surface area contributed by atoms with E-state index in [0.717, 1.165) is 11.3 Å². The Kier molecular flexibility index (Phi) is 3.45. The van der Waals surface area contributed by atoms with Crippen LogP contribution < -0.4 is 0 Å². The number of aromatic nitrogens is 2. The van der Waals surface area contributed by atoms with Gasteiger partial charge in [0.25, 0.3) is 0 Å². The molecular formula is C13H12ClN3O2S. The fraction of sp³-hybridized carbons (Fsp3) is 0.231. The van der Waals surface area contributed by atoms with Gasteiger partial charge in [-0.2, -0.15) is 4.31 Å². The third kappa shape index (κ3) is 2.54. The zero-order chi connectivity index (χ0) is 14.2. The summed E-state index contributed by atoms with van der Waals surface area (Å²) in [7, 11) is -3.42. The maximum Gasteiger partial charge on any atom is 0.219 e. The lowest BCUT2D eigenvalue weighted by Gasteiger charge is -2.15. The molecule has 0 spiro atoms. The number of sulfonamides is 1. The highest BCUT2D eigenvalue weighted by Crippen LogP contribution is 2.26. The van der Waals surface area contributed by atoms with Crippen molar-refractivity contribution >= 4 is 21.6 Å². The molecule has 0 fully saturated rings. The van der Waals surface area contributed by atoms with Crippen LogP contribution in [0.15, 0.2) is 36.8 Å². The summed E-state index contributed by atoms with van der Waals surface area (Å²) in [6.45, 7) is 0.619. The van der Waals surface area contributed by atoms with E-state index in [-0.39, 0.29) is 5.75 Å². The van der Waals surface area contributed by atoms with Crippen molar-refractivity contribution in [3.05, 3.63) is 58.6 Å². The van der Waals surface area contributed by atoms with Crippen LogP contribution in [0, 0.1) is 0 Å². The number of rotatable bonds is 3. The van der Waals surface area contributed by atoms with E-state index in [1.54, 1.807) is 30.5 Å². The predicted octanol–water partition coefficient (Wildman–Crippen LogP) is 1.98. The van der Waals surface area contributed by atoms with Crippen molar-refractivity contribution in [3.63, 3.8) is 0 Å². The molecular weight excluding hydrogens is 298 g/mol. The highest BCUT2D eigenvalue weighted by Gasteiger charge is 2.30. The highest BCUT2D eigenvalue weighted by atomic mass is 35.5. The van der Waals surface area contributed by atoms with Crippen LogP contribution in [0.2, 0.25) is 5.02 Å². The van der Waals surface area contributed by atoms with Crippen LogP contribution >= 0.6 is 11.6 Å². The van der Waals surface area contributed by atoms with Gasteiger partial charge in [-0.05, 0) is 11.6 Å². The molecule has 0 bridgehead atoms. The van der Waals surface area contributed by atoms with E-state index in [1.807, 2.05) is 0 Å². The lowest BCUT2D eigenvalue weighted by atomic mass is 10.2. The average molecular weight is 310 g/mol. The molecule has 0 N–H and O–H groups in total. The standard InChI is InChI=1S/C13H12ClN3O2S/c14-12-4-2-1-3-10(12)8-20(18,19)17-6-11-5-15-9-16-13(11)7-17/h1-5,9H,6-8H2. The minimum absolute atomic E-state index is 0.103. The molecule has 2 heterocycles. The summed E-state index contributed by atoms with van der Waals surface area (Å²) in [6.07, 6.45) is 3.09. The van der Waals surface area contributed by atoms with Gasteiger partial charge in [0.05, 0.1) is 18.0 Å². The Hall–Kier alpha value is -1.50. The summed E-state index contributed by atoms with van der Waals surface area (Å²) in [5.41, 5.74) is 2.23. The fourth-order valence-corrected chi connectivity index (χ4v) is 3.93. The van der Waals surface area contributed by atoms with Gasteiger partial charge in [-0.25, -0.2) is 18.4 Å². The Labute approximate surface area is 122 Å². The predicted molar refractivity (Wildman–Crippen MR) is 75.4 cm³/mol. The second-order valence-corrected chi connectivity index (χ2v) is 6.99. The van der Waals surface area contributed by atoms with Gasteiger partial charge in [-0.3, -0.25) is 0 Å². The van der Waals surface area contributed by atoms with Gasteiger partial charge in [0.15, 0.2) is 0 Å². The molecule has 2 aromatic rings. The minimum Gasteiger partial charge on any atom is -0.244 e. The summed E-state index contributed by atoms with van der Waals surface area (Å²) in [5.74, 6) is -0.103. The molecule has 5 nitrogen and oxygen atoms in total. The lowest BCUT2D eigenvalue weighted by molar-refractivity contribution is 0.429. The van der Waals surface area contributed by atoms with Crippen LogP contribution in [0.3, 0.4) is 0 Å². The first-order valence-electron chi connectivity index (χ1n) is 6.05. The Balaban J connectivity index is 1.83. The first kappa shape index (κ1) is 13.5. The van der Waals surface area contributed by atoms with Gasteiger partial charge in [-0.15, -0.1) is 0 Å². The molecule has 1 aromatic heterocycles. The largest absolute Gasteiger partial charge is 0.244 e. The monoisotopic (exact) mass is 309 g/mol. The maximum atomic E-state index is 12.4. The normalized spacial score (nSPS) is 15.2. The van der Waals surface area contributed by atoms with E-state index in [0.29, 0.717) is 23.7 Å². The molecule has 0 saturated carbocycles. The Morgan fingerprint density at radius 3 is 2.80 bits per heavy atom. The number of hydrogen-bond donors (Lipinski definition) is 0. The van der Waals surface area contributed by atoms with Gasteiger partial charge < -0.3 is 0 Å². The first-order chi connectivity index (χ1) is 9.56. The third-order valence-corrected chi connectivity index (χ3v) is 5.33. The molecule has 0 atom stereocenters. The van der Waals surface area contributed by atoms with E-state index < -0.39 is 10.0 Å². The fourth-order valence-electron chi connectivity index (χ4n) is 2.17. The van der Waals surface area contributed by atoms with Crippen molar-refractivity contribution in [2.75, 3.05) is 0 Å². The minimum atomic E-state index is -3.42. The van der Waals surface area contributed by atoms with Crippen molar-refractivity contribution in [2.45, 2.75) is 18.8 Å². The Morgan fingerprint density at radius 1 is 1.25 bits per heavy atom. The number of benzene rings is 1. The molecule has 0 radical (unpaired) electrons. The third-order valence-electron chi connectivity index (χ3n) is 3.24. The summed E-state index contributed by atoms with van der Waals surface area (Å²) in [6, 6.07) is 6.97. The van der Waals surface area contributed by atoms with Crippen LogP contribution in [0.1, 0.15) is 16.8 Å². The molecule has 0 aliphatic carbocycles. The topological polar surface area (TPSA) is 63.2 Å². The van der Waals surface area contributed by atoms with Crippen LogP contribution in [-0.2, 0) is 28.9 Å². The van der Waals surface area contributed by atoms with Gasteiger partial charge in [-0.1, -0.05) is 29.8 Å². The molecule has 1 aliphatic rings. The highest BCUT2D eigenvalue weighted by molar-refractivity contribution is 7.88. The Bertz CT molecular complexity index is 724. The molecule has 0 unspecified atom stereocenters. The zero-order valence-corrected chi connectivity index (χ0v) is 12.1. The van der Waals surface area contributed by atoms with E-state index in [2.05, 4.69) is 9.97 Å². The van der Waals surface area contributed by atoms with Crippen LogP contribution in [-0.4, -0.2) is 22.7 Å². The van der Waals surface area contributed by atoms with Gasteiger partial charge in [0.2, 0.25) is 10.0 Å². The van der Waals surface area contributed by atoms with E-state index in [4.69, 9.17) is 11.6 Å². The van der Waals surface area contributed by atoms with E-state index in [9.17, 15) is 8.42 Å². The summed E-state index contributed by atoms with van der Waals surface area (Å²) in [5, 5.41) is 0.465. The maximum absolute atomic E-state index is 12.4. The van der Waals surface area contributed by atoms with Crippen molar-refractivity contribution < 1.29 is 8.42 Å². The van der Waals surface area contributed by atoms with Gasteiger partial charge >= 0.3 is 0 Å². The van der Waals surface area contributed by atoms with Crippen molar-refractivity contribution in [2.24, 2.45) is 0 Å². The second-order valence-electron chi connectivity index (χ2n) is 4.61. The van der Waals surface area contributed by atoms with Crippen LogP contribution in [0.5, 0.6) is 0 Å². The van der Waals surface area contributed by atoms with Crippen molar-refractivity contribution in [1.29, 1.82) is 0 Å². The number of fused-ring (bicyclic) bond motifs is 1. The molecule has 20 heavy (non-hydrogen) atoms. The van der Waals surface area contributed by atoms with E-state index in [1.165, 1.54) is 10.6 Å². The summed E-state index contributed by atoms with van der Waals surface area (Å²) >= 11 is 6.02. The molecule has 104 valence electrons. The number of hydrogen-bond acceptors (Lipinski definition) is 4. The smallest absolute Gasteiger partial charge is 0.219 e. The quantitative estimate of drug-likeness (QED) is 0.869. The SMILES string of the molecule is O=S(=O)(Cc1ccccc1Cl)N1Cc2cncnc2C1. The van der Waals surface area contributed by atoms with E-state index >= 15 is 0 Å². The van der Waals surface area contributed by atoms with Crippen LogP contribution in [0.25, 0.3) is 0 Å². The average Bonchev–Trinajstić information content (AvgIpc) is 2.86. The van der Waals surface area contributed by atoms with Gasteiger partial charge in [0, 0.05) is 23.3 Å². The number of nitrogens with zero attached hydrogens (tertiary/aromatic N) is 3. The summed E-state index contributed by atoms with van der Waals surface area (Å²) < 4.78 is 26.3. The van der Waals surface area contributed by atoms with Crippen LogP contribution in [0.4, 0.5) is 0 Å². The lowest BCUT2D eigenvalue weighted by Crippen LogP contribution is -2.27. The Morgan fingerprint density at radius 2 is 2.05 bits per heavy atom. The van der Waals surface area contributed by atoms with Gasteiger partial charge in [0.1, 0.15) is 6.33 Å². The van der Waals surface area contributed by atoms with Crippen molar-refractivity contribution in [3.8, 4) is 0 Å². The molecule has 0 amide bonds. The molecule has 1 aliphatic heterocycles. The molecule has 7 heteroatoms. The van der Waals surface area contributed by atoms with Crippen molar-refractivity contribution in [1.82, 2.24) is 14.3 Å². The first-order valence-corrected chi connectivity index (χ1v) is 8.04. The summed E-state index contributed by atoms with van der Waals surface area (Å²) in [4.78, 5) is 8.02. The second kappa shape index (κ2) is 5.12. The number of halogens is 1. The zero-order valence-electron chi connectivity index (χ0n) is 10.5. The molecule has 3 rings (SSSR count). The molecule has 1 aromatic carbocycles. The molecule has 0 saturated heterocycles.